The molecule has 0 aliphatic heterocycles. The van der Waals surface area contributed by atoms with Gasteiger partial charge >= 0.3 is 0 Å². The average molecular weight is 291 g/mol. The van der Waals surface area contributed by atoms with E-state index in [1.54, 1.807) is 0 Å². The number of hydrogen-bond acceptors (Lipinski definition) is 3. The molecular weight excluding hydrogens is 262 g/mol. The van der Waals surface area contributed by atoms with Gasteiger partial charge in [-0.25, -0.2) is 4.98 Å². The third kappa shape index (κ3) is 5.74. The number of amides is 1. The monoisotopic (exact) mass is 291 g/mol. The van der Waals surface area contributed by atoms with Crippen molar-refractivity contribution in [3.8, 4) is 0 Å². The number of anilines is 1. The first-order chi connectivity index (χ1) is 9.97. The molecule has 0 aliphatic carbocycles. The topological polar surface area (TPSA) is 54.0 Å². The Kier molecular flexibility index (Phi) is 7.20. The summed E-state index contributed by atoms with van der Waals surface area (Å²) in [5.41, 5.74) is 1.64. The van der Waals surface area contributed by atoms with Gasteiger partial charge in [0.05, 0.1) is 0 Å². The summed E-state index contributed by atoms with van der Waals surface area (Å²) in [5, 5.41) is 6.32. The lowest BCUT2D eigenvalue weighted by Gasteiger charge is -2.15. The summed E-state index contributed by atoms with van der Waals surface area (Å²) in [6, 6.07) is 3.94. The van der Waals surface area contributed by atoms with E-state index >= 15 is 0 Å². The Bertz CT molecular complexity index is 457. The number of nitrogens with one attached hydrogen (secondary N) is 2. The molecule has 4 nitrogen and oxygen atoms in total. The van der Waals surface area contributed by atoms with Crippen LogP contribution in [0.2, 0.25) is 0 Å². The number of aromatic nitrogens is 1. The first-order valence-electron chi connectivity index (χ1n) is 8.04. The Morgan fingerprint density at radius 1 is 1.19 bits per heavy atom. The second-order valence-electron chi connectivity index (χ2n) is 5.91. The highest BCUT2D eigenvalue weighted by atomic mass is 16.1. The minimum absolute atomic E-state index is 0.0141. The predicted molar refractivity (Wildman–Crippen MR) is 88.9 cm³/mol. The number of hydrogen-bond donors (Lipinski definition) is 2. The van der Waals surface area contributed by atoms with E-state index in [0.29, 0.717) is 11.5 Å². The van der Waals surface area contributed by atoms with Gasteiger partial charge in [0.1, 0.15) is 5.82 Å². The maximum atomic E-state index is 12.4. The van der Waals surface area contributed by atoms with E-state index < -0.39 is 0 Å². The summed E-state index contributed by atoms with van der Waals surface area (Å²) in [4.78, 5) is 16.9. The van der Waals surface area contributed by atoms with Crippen LogP contribution in [0.5, 0.6) is 0 Å². The number of rotatable bonds is 8. The number of carbonyl (C=O) groups excluding carboxylic acids is 1. The molecule has 4 heteroatoms. The lowest BCUT2D eigenvalue weighted by atomic mass is 10.1. The maximum Gasteiger partial charge on any atom is 0.251 e. The lowest BCUT2D eigenvalue weighted by molar-refractivity contribution is 0.0938. The van der Waals surface area contributed by atoms with Gasteiger partial charge in [-0.2, -0.15) is 0 Å². The van der Waals surface area contributed by atoms with Crippen LogP contribution in [0.3, 0.4) is 0 Å². The van der Waals surface area contributed by atoms with Crippen LogP contribution >= 0.6 is 0 Å². The minimum Gasteiger partial charge on any atom is -0.370 e. The second-order valence-corrected chi connectivity index (χ2v) is 5.91. The van der Waals surface area contributed by atoms with Crippen LogP contribution in [0.4, 0.5) is 5.82 Å². The van der Waals surface area contributed by atoms with Gasteiger partial charge in [0, 0.05) is 23.8 Å². The zero-order chi connectivity index (χ0) is 15.8. The van der Waals surface area contributed by atoms with Crippen molar-refractivity contribution in [2.75, 3.05) is 11.9 Å². The van der Waals surface area contributed by atoms with E-state index in [1.807, 2.05) is 19.1 Å². The van der Waals surface area contributed by atoms with Gasteiger partial charge in [0.2, 0.25) is 0 Å². The lowest BCUT2D eigenvalue weighted by Crippen LogP contribution is -2.32. The molecule has 0 spiro atoms. The zero-order valence-corrected chi connectivity index (χ0v) is 14.0. The normalized spacial score (nSPS) is 12.3. The molecular formula is C17H29N3O. The SMILES string of the molecule is CCCNc1cc(C(=O)NC(C)CCC)cc(C(C)C)n1. The van der Waals surface area contributed by atoms with E-state index in [9.17, 15) is 4.79 Å². The van der Waals surface area contributed by atoms with E-state index in [0.717, 1.165) is 37.3 Å². The van der Waals surface area contributed by atoms with Crippen LogP contribution in [0.1, 0.15) is 75.9 Å². The molecule has 1 aromatic heterocycles. The van der Waals surface area contributed by atoms with E-state index in [-0.39, 0.29) is 11.9 Å². The van der Waals surface area contributed by atoms with Crippen molar-refractivity contribution in [1.29, 1.82) is 0 Å². The largest absolute Gasteiger partial charge is 0.370 e. The van der Waals surface area contributed by atoms with Crippen LogP contribution in [0.15, 0.2) is 12.1 Å². The van der Waals surface area contributed by atoms with Gasteiger partial charge in [-0.15, -0.1) is 0 Å². The van der Waals surface area contributed by atoms with Crippen molar-refractivity contribution in [3.63, 3.8) is 0 Å². The van der Waals surface area contributed by atoms with Gasteiger partial charge in [-0.3, -0.25) is 4.79 Å². The van der Waals surface area contributed by atoms with Crippen molar-refractivity contribution in [1.82, 2.24) is 10.3 Å². The van der Waals surface area contributed by atoms with Crippen LogP contribution in [0.25, 0.3) is 0 Å². The molecule has 0 bridgehead atoms. The maximum absolute atomic E-state index is 12.4. The molecule has 118 valence electrons. The van der Waals surface area contributed by atoms with E-state index in [4.69, 9.17) is 0 Å². The number of carbonyl (C=O) groups is 1. The molecule has 1 heterocycles. The molecule has 1 aromatic rings. The van der Waals surface area contributed by atoms with Crippen LogP contribution in [0, 0.1) is 0 Å². The Labute approximate surface area is 128 Å². The van der Waals surface area contributed by atoms with Crippen molar-refractivity contribution >= 4 is 11.7 Å². The standard InChI is InChI=1S/C17H29N3O/c1-6-8-13(5)19-17(21)14-10-15(12(3)4)20-16(11-14)18-9-7-2/h10-13H,6-9H2,1-5H3,(H,18,20)(H,19,21). The Hall–Kier alpha value is -1.58. The third-order valence-corrected chi connectivity index (χ3v) is 3.35. The molecule has 0 fully saturated rings. The highest BCUT2D eigenvalue weighted by Crippen LogP contribution is 2.18. The minimum atomic E-state index is -0.0141. The summed E-state index contributed by atoms with van der Waals surface area (Å²) in [5.74, 6) is 1.07. The van der Waals surface area contributed by atoms with Crippen molar-refractivity contribution in [2.24, 2.45) is 0 Å². The molecule has 0 radical (unpaired) electrons. The third-order valence-electron chi connectivity index (χ3n) is 3.35. The molecule has 0 saturated heterocycles. The molecule has 1 unspecified atom stereocenters. The fourth-order valence-electron chi connectivity index (χ4n) is 2.13. The van der Waals surface area contributed by atoms with Crippen LogP contribution < -0.4 is 10.6 Å². The van der Waals surface area contributed by atoms with Gasteiger partial charge in [-0.05, 0) is 37.8 Å². The van der Waals surface area contributed by atoms with Crippen molar-refractivity contribution in [2.45, 2.75) is 65.8 Å². The summed E-state index contributed by atoms with van der Waals surface area (Å²) < 4.78 is 0. The smallest absolute Gasteiger partial charge is 0.251 e. The summed E-state index contributed by atoms with van der Waals surface area (Å²) in [6.45, 7) is 11.3. The summed E-state index contributed by atoms with van der Waals surface area (Å²) in [6.07, 6.45) is 3.09. The van der Waals surface area contributed by atoms with E-state index in [1.165, 1.54) is 0 Å². The van der Waals surface area contributed by atoms with Crippen LogP contribution in [-0.4, -0.2) is 23.5 Å². The van der Waals surface area contributed by atoms with Crippen LogP contribution in [-0.2, 0) is 0 Å². The Balaban J connectivity index is 2.93. The van der Waals surface area contributed by atoms with Gasteiger partial charge in [-0.1, -0.05) is 34.1 Å². The molecule has 0 aromatic carbocycles. The first kappa shape index (κ1) is 17.5. The molecule has 21 heavy (non-hydrogen) atoms. The van der Waals surface area contributed by atoms with E-state index in [2.05, 4.69) is 43.3 Å². The molecule has 1 rings (SSSR count). The molecule has 0 saturated carbocycles. The van der Waals surface area contributed by atoms with Crippen molar-refractivity contribution in [3.05, 3.63) is 23.4 Å². The first-order valence-corrected chi connectivity index (χ1v) is 8.04. The predicted octanol–water partition coefficient (Wildman–Crippen LogP) is 3.95. The van der Waals surface area contributed by atoms with Gasteiger partial charge in [0.15, 0.2) is 0 Å². The fourth-order valence-corrected chi connectivity index (χ4v) is 2.13. The molecule has 1 atom stereocenters. The average Bonchev–Trinajstić information content (AvgIpc) is 2.44. The molecule has 0 aliphatic rings. The quantitative estimate of drug-likeness (QED) is 0.762. The number of nitrogens with zero attached hydrogens (tertiary/aromatic N) is 1. The fraction of sp³-hybridized carbons (Fsp3) is 0.647. The zero-order valence-electron chi connectivity index (χ0n) is 14.0. The summed E-state index contributed by atoms with van der Waals surface area (Å²) >= 11 is 0. The molecule has 2 N–H and O–H groups in total. The highest BCUT2D eigenvalue weighted by molar-refractivity contribution is 5.95. The second kappa shape index (κ2) is 8.65. The molecule has 1 amide bonds. The summed E-state index contributed by atoms with van der Waals surface area (Å²) in [7, 11) is 0. The number of pyridine rings is 1. The van der Waals surface area contributed by atoms with Crippen molar-refractivity contribution < 1.29 is 4.79 Å². The highest BCUT2D eigenvalue weighted by Gasteiger charge is 2.13. The Morgan fingerprint density at radius 2 is 1.90 bits per heavy atom. The van der Waals surface area contributed by atoms with Gasteiger partial charge in [0.25, 0.3) is 5.91 Å². The Morgan fingerprint density at radius 3 is 2.48 bits per heavy atom. The van der Waals surface area contributed by atoms with Gasteiger partial charge < -0.3 is 10.6 Å².